The van der Waals surface area contributed by atoms with E-state index in [1.165, 1.54) is 0 Å². The van der Waals surface area contributed by atoms with Gasteiger partial charge in [-0.05, 0) is 0 Å². The first kappa shape index (κ1) is 12.1. The zero-order valence-electron chi connectivity index (χ0n) is 7.03. The molecule has 1 rings (SSSR count). The first-order valence-electron chi connectivity index (χ1n) is 3.69. The summed E-state index contributed by atoms with van der Waals surface area (Å²) in [6, 6.07) is 10.7. The standard InChI is InChI=1S/C6H5.CH3NS2.CH3.Zn/c1-2-4-6-5-3-1;2-1(3)4;;/h1-5H;(H3,2,3,4);1H3;. The number of hydrogen-bond donors (Lipinski definition) is 2. The predicted molar refractivity (Wildman–Crippen MR) is 57.7 cm³/mol. The molecule has 4 heteroatoms. The maximum atomic E-state index is 4.71. The third kappa shape index (κ3) is 8.18. The van der Waals surface area contributed by atoms with E-state index in [4.69, 9.17) is 5.73 Å². The van der Waals surface area contributed by atoms with Gasteiger partial charge in [-0.3, -0.25) is 0 Å². The second-order valence-corrected chi connectivity index (χ2v) is 6.60. The van der Waals surface area contributed by atoms with Gasteiger partial charge in [0.2, 0.25) is 0 Å². The number of thiocarbonyl (C=S) groups is 1. The summed E-state index contributed by atoms with van der Waals surface area (Å²) >= 11 is 7.38. The summed E-state index contributed by atoms with van der Waals surface area (Å²) in [4.78, 5) is 0. The van der Waals surface area contributed by atoms with Crippen molar-refractivity contribution in [2.45, 2.75) is 5.52 Å². The summed E-state index contributed by atoms with van der Waals surface area (Å²) in [5.74, 6) is 0. The monoisotopic (exact) mass is 249 g/mol. The van der Waals surface area contributed by atoms with Crippen molar-refractivity contribution in [3.05, 3.63) is 30.3 Å². The molecule has 0 bridgehead atoms. The summed E-state index contributed by atoms with van der Waals surface area (Å²) in [6.07, 6.45) is 0. The minimum absolute atomic E-state index is 0.194. The third-order valence-corrected chi connectivity index (χ3v) is 3.95. The average Bonchev–Trinajstić information content (AvgIpc) is 2.05. The fourth-order valence-electron chi connectivity index (χ4n) is 0.714. The molecule has 0 radical (unpaired) electrons. The molecule has 0 aliphatic carbocycles. The van der Waals surface area contributed by atoms with E-state index >= 15 is 0 Å². The SMILES string of the molecule is NC(=S)S.[CH3][Zn][c]1ccccc1. The van der Waals surface area contributed by atoms with E-state index in [-0.39, 0.29) is 21.4 Å². The summed E-state index contributed by atoms with van der Waals surface area (Å²) in [5, 5.41) is 0. The Morgan fingerprint density at radius 2 is 1.83 bits per heavy atom. The fourth-order valence-corrected chi connectivity index (χ4v) is 2.27. The second kappa shape index (κ2) is 7.72. The Kier molecular flexibility index (Phi) is 7.77. The van der Waals surface area contributed by atoms with Gasteiger partial charge < -0.3 is 5.73 Å². The van der Waals surface area contributed by atoms with Crippen LogP contribution in [0.25, 0.3) is 0 Å². The first-order valence-corrected chi connectivity index (χ1v) is 8.99. The summed E-state index contributed by atoms with van der Waals surface area (Å²) < 4.78 is 1.79. The van der Waals surface area contributed by atoms with Gasteiger partial charge in [-0.2, -0.15) is 0 Å². The molecule has 1 nitrogen and oxygen atoms in total. The molecule has 0 saturated heterocycles. The van der Waals surface area contributed by atoms with Crippen LogP contribution in [0, 0.1) is 0 Å². The van der Waals surface area contributed by atoms with E-state index in [9.17, 15) is 0 Å². The predicted octanol–water partition coefficient (Wildman–Crippen LogP) is 1.60. The Labute approximate surface area is 91.7 Å². The molecule has 0 fully saturated rings. The van der Waals surface area contributed by atoms with E-state index in [1.54, 1.807) is 4.16 Å². The fraction of sp³-hybridized carbons (Fsp3) is 0.125. The molecule has 1 aromatic rings. The van der Waals surface area contributed by atoms with Crippen LogP contribution in [0.5, 0.6) is 0 Å². The van der Waals surface area contributed by atoms with E-state index in [0.29, 0.717) is 0 Å². The van der Waals surface area contributed by atoms with Crippen molar-refractivity contribution in [1.82, 2.24) is 0 Å². The minimum atomic E-state index is -0.276. The molecule has 12 heavy (non-hydrogen) atoms. The average molecular weight is 251 g/mol. The van der Waals surface area contributed by atoms with Crippen LogP contribution in [0.3, 0.4) is 0 Å². The summed E-state index contributed by atoms with van der Waals surface area (Å²) in [7, 11) is 0. The third-order valence-electron chi connectivity index (χ3n) is 1.25. The van der Waals surface area contributed by atoms with E-state index < -0.39 is 0 Å². The number of nitrogens with two attached hydrogens (primary N) is 1. The molecule has 0 aliphatic heterocycles. The molecule has 0 saturated carbocycles. The molecule has 1 aromatic carbocycles. The molecule has 2 N–H and O–H groups in total. The number of hydrogen-bond acceptors (Lipinski definition) is 1. The number of benzene rings is 1. The van der Waals surface area contributed by atoms with Crippen molar-refractivity contribution in [2.24, 2.45) is 5.73 Å². The molecule has 0 amide bonds. The van der Waals surface area contributed by atoms with Crippen LogP contribution in [-0.4, -0.2) is 4.32 Å². The van der Waals surface area contributed by atoms with Crippen molar-refractivity contribution < 1.29 is 17.1 Å². The topological polar surface area (TPSA) is 26.0 Å². The summed E-state index contributed by atoms with van der Waals surface area (Å²) in [5.41, 5.74) is 7.06. The van der Waals surface area contributed by atoms with Gasteiger partial charge in [0.15, 0.2) is 0 Å². The Morgan fingerprint density at radius 3 is 2.08 bits per heavy atom. The van der Waals surface area contributed by atoms with Crippen molar-refractivity contribution in [1.29, 1.82) is 0 Å². The van der Waals surface area contributed by atoms with Gasteiger partial charge in [-0.25, -0.2) is 0 Å². The molecule has 0 spiro atoms. The molecule has 0 heterocycles. The zero-order valence-corrected chi connectivity index (χ0v) is 11.7. The van der Waals surface area contributed by atoms with Crippen LogP contribution in [0.15, 0.2) is 30.3 Å². The van der Waals surface area contributed by atoms with Crippen molar-refractivity contribution in [3.8, 4) is 0 Å². The van der Waals surface area contributed by atoms with Crippen molar-refractivity contribution in [2.75, 3.05) is 0 Å². The number of rotatable bonds is 1. The van der Waals surface area contributed by atoms with Gasteiger partial charge in [0.25, 0.3) is 0 Å². The van der Waals surface area contributed by atoms with Gasteiger partial charge in [-0.15, -0.1) is 12.6 Å². The van der Waals surface area contributed by atoms with Gasteiger partial charge in [0, 0.05) is 0 Å². The Bertz CT molecular complexity index is 222. The van der Waals surface area contributed by atoms with E-state index in [0.717, 1.165) is 0 Å². The van der Waals surface area contributed by atoms with Gasteiger partial charge in [-0.1, -0.05) is 12.2 Å². The molecule has 0 aliphatic rings. The number of thiol groups is 1. The Hall–Kier alpha value is 0.0834. The normalized spacial score (nSPS) is 7.50. The van der Waals surface area contributed by atoms with Crippen LogP contribution in [-0.2, 0) is 17.1 Å². The van der Waals surface area contributed by atoms with Gasteiger partial charge >= 0.3 is 57.1 Å². The zero-order chi connectivity index (χ0) is 9.40. The first-order chi connectivity index (χ1) is 5.66. The summed E-state index contributed by atoms with van der Waals surface area (Å²) in [6.45, 7) is 0. The maximum absolute atomic E-state index is 4.71. The van der Waals surface area contributed by atoms with Crippen LogP contribution >= 0.6 is 24.8 Å². The molecule has 0 aromatic heterocycles. The van der Waals surface area contributed by atoms with Crippen LogP contribution in [0.2, 0.25) is 5.52 Å². The molecular formula is C8H11NS2Zn. The van der Waals surface area contributed by atoms with E-state index in [1.807, 2.05) is 0 Å². The van der Waals surface area contributed by atoms with Crippen molar-refractivity contribution in [3.63, 3.8) is 0 Å². The van der Waals surface area contributed by atoms with Crippen LogP contribution < -0.4 is 9.89 Å². The van der Waals surface area contributed by atoms with E-state index in [2.05, 4.69) is 60.7 Å². The second-order valence-electron chi connectivity index (χ2n) is 2.18. The van der Waals surface area contributed by atoms with Crippen molar-refractivity contribution >= 4 is 33.3 Å². The Balaban J connectivity index is 0.000000261. The molecule has 0 unspecified atom stereocenters. The van der Waals surface area contributed by atoms with Gasteiger partial charge in [0.1, 0.15) is 4.32 Å². The quantitative estimate of drug-likeness (QED) is 0.450. The molecule has 62 valence electrons. The molecule has 0 atom stereocenters. The van der Waals surface area contributed by atoms with Gasteiger partial charge in [0.05, 0.1) is 0 Å². The Morgan fingerprint density at radius 1 is 1.42 bits per heavy atom. The van der Waals surface area contributed by atoms with Crippen LogP contribution in [0.4, 0.5) is 0 Å². The molecular weight excluding hydrogens is 240 g/mol. The van der Waals surface area contributed by atoms with Crippen LogP contribution in [0.1, 0.15) is 0 Å².